The molecule has 0 atom stereocenters. The van der Waals surface area contributed by atoms with E-state index < -0.39 is 11.6 Å². The molecule has 2 aromatic heterocycles. The fraction of sp³-hybridized carbons (Fsp3) is 0.240. The van der Waals surface area contributed by atoms with Gasteiger partial charge < -0.3 is 19.1 Å². The number of nitrogens with zero attached hydrogens (tertiary/aromatic N) is 3. The first-order chi connectivity index (χ1) is 17.0. The molecule has 0 fully saturated rings. The van der Waals surface area contributed by atoms with Crippen molar-refractivity contribution in [3.05, 3.63) is 59.3 Å². The molecule has 1 aliphatic rings. The van der Waals surface area contributed by atoms with E-state index in [1.54, 1.807) is 18.1 Å². The molecule has 35 heavy (non-hydrogen) atoms. The van der Waals surface area contributed by atoms with Crippen LogP contribution in [0.1, 0.15) is 15.9 Å². The highest BCUT2D eigenvalue weighted by atomic mass is 19.1. The van der Waals surface area contributed by atoms with Crippen molar-refractivity contribution in [2.45, 2.75) is 6.54 Å². The molecule has 0 unspecified atom stereocenters. The molecule has 3 heterocycles. The number of nitrogens with one attached hydrogen (secondary N) is 1. The molecule has 0 saturated carbocycles. The molecule has 0 bridgehead atoms. The zero-order valence-electron chi connectivity index (χ0n) is 19.3. The van der Waals surface area contributed by atoms with E-state index in [2.05, 4.69) is 15.2 Å². The average molecular weight is 480 g/mol. The molecular weight excluding hydrogens is 458 g/mol. The number of benzene rings is 2. The van der Waals surface area contributed by atoms with E-state index in [-0.39, 0.29) is 28.7 Å². The summed E-state index contributed by atoms with van der Waals surface area (Å²) < 4.78 is 45.0. The Labute approximate surface area is 199 Å². The van der Waals surface area contributed by atoms with E-state index in [0.717, 1.165) is 17.2 Å². The number of aromatic nitrogens is 3. The fourth-order valence-corrected chi connectivity index (χ4v) is 4.29. The molecule has 2 aromatic carbocycles. The van der Waals surface area contributed by atoms with Gasteiger partial charge in [0.15, 0.2) is 23.1 Å². The number of rotatable bonds is 7. The second-order valence-electron chi connectivity index (χ2n) is 8.06. The molecule has 1 aliphatic heterocycles. The van der Waals surface area contributed by atoms with E-state index in [0.29, 0.717) is 41.9 Å². The predicted molar refractivity (Wildman–Crippen MR) is 124 cm³/mol. The van der Waals surface area contributed by atoms with Crippen LogP contribution in [0.15, 0.2) is 36.5 Å². The third-order valence-electron chi connectivity index (χ3n) is 6.10. The van der Waals surface area contributed by atoms with E-state index in [1.807, 2.05) is 12.1 Å². The number of hydrogen-bond acceptors (Lipinski definition) is 6. The minimum atomic E-state index is -0.876. The lowest BCUT2D eigenvalue weighted by molar-refractivity contribution is 0.0719. The maximum absolute atomic E-state index is 14.9. The van der Waals surface area contributed by atoms with Gasteiger partial charge in [0.25, 0.3) is 5.91 Å². The molecule has 0 spiro atoms. The normalized spacial score (nSPS) is 12.9. The van der Waals surface area contributed by atoms with E-state index in [1.165, 1.54) is 26.5 Å². The van der Waals surface area contributed by atoms with Gasteiger partial charge in [0, 0.05) is 49.0 Å². The summed E-state index contributed by atoms with van der Waals surface area (Å²) in [5.74, 6) is -2.09. The SMILES string of the molecule is COCCN1Cc2cc(-c3n[nH]c4cc(-c5c(F)c(OC)cc(OC)c5F)ncc34)ccc2C1=O. The number of hydrogen-bond donors (Lipinski definition) is 1. The smallest absolute Gasteiger partial charge is 0.254 e. The van der Waals surface area contributed by atoms with Gasteiger partial charge >= 0.3 is 0 Å². The van der Waals surface area contributed by atoms with E-state index in [4.69, 9.17) is 14.2 Å². The summed E-state index contributed by atoms with van der Waals surface area (Å²) in [5.41, 5.74) is 3.23. The number of carbonyl (C=O) groups excluding carboxylic acids is 1. The summed E-state index contributed by atoms with van der Waals surface area (Å²) in [6.07, 6.45) is 1.51. The summed E-state index contributed by atoms with van der Waals surface area (Å²) in [6.45, 7) is 1.47. The Morgan fingerprint density at radius 2 is 1.80 bits per heavy atom. The highest BCUT2D eigenvalue weighted by molar-refractivity contribution is 6.00. The molecule has 0 radical (unpaired) electrons. The molecule has 180 valence electrons. The Kier molecular flexibility index (Phi) is 5.81. The molecular formula is C25H22F2N4O4. The summed E-state index contributed by atoms with van der Waals surface area (Å²) in [5, 5.41) is 7.99. The van der Waals surface area contributed by atoms with Crippen molar-refractivity contribution < 1.29 is 27.8 Å². The van der Waals surface area contributed by atoms with E-state index >= 15 is 0 Å². The van der Waals surface area contributed by atoms with Crippen LogP contribution >= 0.6 is 0 Å². The first kappa shape index (κ1) is 22.7. The first-order valence-electron chi connectivity index (χ1n) is 10.8. The third-order valence-corrected chi connectivity index (χ3v) is 6.10. The quantitative estimate of drug-likeness (QED) is 0.427. The van der Waals surface area contributed by atoms with Gasteiger partial charge in [-0.3, -0.25) is 14.9 Å². The number of H-pyrrole nitrogens is 1. The van der Waals surface area contributed by atoms with Gasteiger partial charge in [-0.2, -0.15) is 5.10 Å². The second kappa shape index (κ2) is 8.95. The number of ether oxygens (including phenoxy) is 3. The topological polar surface area (TPSA) is 89.6 Å². The van der Waals surface area contributed by atoms with Crippen LogP contribution in [0.4, 0.5) is 8.78 Å². The van der Waals surface area contributed by atoms with E-state index in [9.17, 15) is 13.6 Å². The Balaban J connectivity index is 1.53. The lowest BCUT2D eigenvalue weighted by Gasteiger charge is -2.14. The lowest BCUT2D eigenvalue weighted by atomic mass is 10.0. The molecule has 0 aliphatic carbocycles. The van der Waals surface area contributed by atoms with Crippen LogP contribution < -0.4 is 9.47 Å². The molecule has 8 nitrogen and oxygen atoms in total. The van der Waals surface area contributed by atoms with Gasteiger partial charge in [0.1, 0.15) is 5.69 Å². The molecule has 5 rings (SSSR count). The van der Waals surface area contributed by atoms with Gasteiger partial charge in [-0.1, -0.05) is 6.07 Å². The number of aromatic amines is 1. The van der Waals surface area contributed by atoms with Gasteiger partial charge in [-0.15, -0.1) is 0 Å². The monoisotopic (exact) mass is 480 g/mol. The maximum Gasteiger partial charge on any atom is 0.254 e. The van der Waals surface area contributed by atoms with Crippen molar-refractivity contribution in [1.82, 2.24) is 20.1 Å². The van der Waals surface area contributed by atoms with Crippen LogP contribution in [0.3, 0.4) is 0 Å². The second-order valence-corrected chi connectivity index (χ2v) is 8.06. The van der Waals surface area contributed by atoms with Crippen LogP contribution in [0, 0.1) is 11.6 Å². The number of fused-ring (bicyclic) bond motifs is 2. The average Bonchev–Trinajstić information content (AvgIpc) is 3.43. The number of methoxy groups -OCH3 is 3. The molecule has 0 saturated heterocycles. The molecule has 1 amide bonds. The Morgan fingerprint density at radius 3 is 2.49 bits per heavy atom. The Bertz CT molecular complexity index is 1430. The van der Waals surface area contributed by atoms with Crippen LogP contribution in [-0.2, 0) is 11.3 Å². The number of pyridine rings is 1. The molecule has 4 aromatic rings. The molecule has 1 N–H and O–H groups in total. The predicted octanol–water partition coefficient (Wildman–Crippen LogP) is 4.19. The lowest BCUT2D eigenvalue weighted by Crippen LogP contribution is -2.27. The van der Waals surface area contributed by atoms with Gasteiger partial charge in [-0.05, 0) is 23.8 Å². The van der Waals surface area contributed by atoms with Crippen molar-refractivity contribution in [3.8, 4) is 34.0 Å². The first-order valence-corrected chi connectivity index (χ1v) is 10.8. The molecule has 10 heteroatoms. The number of carbonyl (C=O) groups is 1. The van der Waals surface area contributed by atoms with Crippen LogP contribution in [0.25, 0.3) is 33.4 Å². The van der Waals surface area contributed by atoms with Gasteiger partial charge in [0.2, 0.25) is 0 Å². The van der Waals surface area contributed by atoms with Crippen LogP contribution in [0.2, 0.25) is 0 Å². The number of amides is 1. The standard InChI is InChI=1S/C25H22F2N4O4/c1-33-7-6-31-12-14-8-13(4-5-15(14)25(31)32)24-16-11-28-18(9-17(16)29-30-24)21-22(26)19(34-2)10-20(35-3)23(21)27/h4-5,8-11H,6-7,12H2,1-3H3,(H,29,30). The Hall–Kier alpha value is -4.05. The van der Waals surface area contributed by atoms with Crippen LogP contribution in [0.5, 0.6) is 11.5 Å². The minimum Gasteiger partial charge on any atom is -0.494 e. The maximum atomic E-state index is 14.9. The van der Waals surface area contributed by atoms with Crippen LogP contribution in [-0.4, -0.2) is 60.5 Å². The zero-order chi connectivity index (χ0) is 24.7. The van der Waals surface area contributed by atoms with Crippen molar-refractivity contribution >= 4 is 16.8 Å². The Morgan fingerprint density at radius 1 is 1.06 bits per heavy atom. The highest BCUT2D eigenvalue weighted by Crippen LogP contribution is 2.38. The largest absolute Gasteiger partial charge is 0.494 e. The van der Waals surface area contributed by atoms with Crippen molar-refractivity contribution in [2.75, 3.05) is 34.5 Å². The third kappa shape index (κ3) is 3.75. The van der Waals surface area contributed by atoms with Gasteiger partial charge in [0.05, 0.1) is 37.6 Å². The summed E-state index contributed by atoms with van der Waals surface area (Å²) in [4.78, 5) is 18.6. The summed E-state index contributed by atoms with van der Waals surface area (Å²) in [7, 11) is 4.18. The van der Waals surface area contributed by atoms with Crippen molar-refractivity contribution in [1.29, 1.82) is 0 Å². The minimum absolute atomic E-state index is 0.0282. The zero-order valence-corrected chi connectivity index (χ0v) is 19.3. The van der Waals surface area contributed by atoms with Gasteiger partial charge in [-0.25, -0.2) is 8.78 Å². The fourth-order valence-electron chi connectivity index (χ4n) is 4.29. The van der Waals surface area contributed by atoms with Crippen molar-refractivity contribution in [2.24, 2.45) is 0 Å². The summed E-state index contributed by atoms with van der Waals surface area (Å²) >= 11 is 0. The summed E-state index contributed by atoms with van der Waals surface area (Å²) in [6, 6.07) is 8.21. The number of halogens is 2. The highest BCUT2D eigenvalue weighted by Gasteiger charge is 2.28. The van der Waals surface area contributed by atoms with Crippen molar-refractivity contribution in [3.63, 3.8) is 0 Å².